The van der Waals surface area contributed by atoms with Crippen molar-refractivity contribution in [2.75, 3.05) is 11.9 Å². The van der Waals surface area contributed by atoms with Crippen molar-refractivity contribution in [1.82, 2.24) is 0 Å². The molecule has 0 saturated heterocycles. The molecule has 0 aliphatic carbocycles. The third-order valence-corrected chi connectivity index (χ3v) is 3.59. The van der Waals surface area contributed by atoms with E-state index in [1.165, 1.54) is 12.1 Å². The van der Waals surface area contributed by atoms with Crippen LogP contribution in [0.15, 0.2) is 42.5 Å². The summed E-state index contributed by atoms with van der Waals surface area (Å²) in [6.07, 6.45) is 0. The number of carbonyl (C=O) groups is 1. The Morgan fingerprint density at radius 1 is 1.22 bits per heavy atom. The Kier molecular flexibility index (Phi) is 5.26. The molecule has 0 saturated carbocycles. The summed E-state index contributed by atoms with van der Waals surface area (Å²) in [4.78, 5) is 11.9. The predicted molar refractivity (Wildman–Crippen MR) is 90.7 cm³/mol. The van der Waals surface area contributed by atoms with Crippen LogP contribution in [0.2, 0.25) is 5.02 Å². The minimum Gasteiger partial charge on any atom is -0.484 e. The third-order valence-electron chi connectivity index (χ3n) is 3.28. The van der Waals surface area contributed by atoms with Crippen molar-refractivity contribution in [2.45, 2.75) is 26.2 Å². The van der Waals surface area contributed by atoms with Gasteiger partial charge in [0.2, 0.25) is 0 Å². The van der Waals surface area contributed by atoms with Crippen LogP contribution in [0, 0.1) is 5.82 Å². The lowest BCUT2D eigenvalue weighted by atomic mass is 9.87. The average molecular weight is 336 g/mol. The molecule has 0 unspecified atom stereocenters. The highest BCUT2D eigenvalue weighted by Gasteiger charge is 2.14. The molecule has 0 bridgehead atoms. The minimum atomic E-state index is -0.455. The summed E-state index contributed by atoms with van der Waals surface area (Å²) in [5.41, 5.74) is 1.48. The molecule has 5 heteroatoms. The molecular weight excluding hydrogens is 317 g/mol. The number of anilines is 1. The molecule has 0 atom stereocenters. The Hall–Kier alpha value is -2.07. The van der Waals surface area contributed by atoms with E-state index >= 15 is 0 Å². The van der Waals surface area contributed by atoms with Crippen molar-refractivity contribution < 1.29 is 13.9 Å². The number of hydrogen-bond acceptors (Lipinski definition) is 2. The minimum absolute atomic E-state index is 0.00324. The van der Waals surface area contributed by atoms with Crippen molar-refractivity contribution in [3.05, 3.63) is 58.9 Å². The van der Waals surface area contributed by atoms with E-state index in [9.17, 15) is 9.18 Å². The first kappa shape index (κ1) is 17.3. The number of halogens is 2. The van der Waals surface area contributed by atoms with Gasteiger partial charge in [-0.1, -0.05) is 44.5 Å². The second-order valence-corrected chi connectivity index (χ2v) is 6.65. The van der Waals surface area contributed by atoms with E-state index in [-0.39, 0.29) is 23.0 Å². The Balaban J connectivity index is 1.97. The Labute approximate surface area is 140 Å². The first-order valence-corrected chi connectivity index (χ1v) is 7.62. The number of carbonyl (C=O) groups excluding carboxylic acids is 1. The molecule has 2 aromatic carbocycles. The molecule has 2 aromatic rings. The second-order valence-electron chi connectivity index (χ2n) is 6.24. The summed E-state index contributed by atoms with van der Waals surface area (Å²) in [6.45, 7) is 6.17. The van der Waals surface area contributed by atoms with Crippen LogP contribution >= 0.6 is 11.6 Å². The molecule has 3 nitrogen and oxygen atoms in total. The van der Waals surface area contributed by atoms with Crippen molar-refractivity contribution in [1.29, 1.82) is 0 Å². The Morgan fingerprint density at radius 3 is 2.61 bits per heavy atom. The summed E-state index contributed by atoms with van der Waals surface area (Å²) in [7, 11) is 0. The molecule has 0 aromatic heterocycles. The zero-order chi connectivity index (χ0) is 17.0. The van der Waals surface area contributed by atoms with Crippen LogP contribution in [0.25, 0.3) is 0 Å². The van der Waals surface area contributed by atoms with Crippen LogP contribution < -0.4 is 10.1 Å². The maximum atomic E-state index is 13.0. The Morgan fingerprint density at radius 2 is 1.96 bits per heavy atom. The molecule has 1 amide bonds. The van der Waals surface area contributed by atoms with Gasteiger partial charge in [0.15, 0.2) is 6.61 Å². The van der Waals surface area contributed by atoms with Gasteiger partial charge in [-0.25, -0.2) is 4.39 Å². The van der Waals surface area contributed by atoms with Gasteiger partial charge in [0.05, 0.1) is 10.7 Å². The molecule has 0 spiro atoms. The zero-order valence-corrected chi connectivity index (χ0v) is 14.1. The van der Waals surface area contributed by atoms with Crippen LogP contribution in [0.1, 0.15) is 26.3 Å². The first-order chi connectivity index (χ1) is 10.8. The SMILES string of the molecule is CC(C)(C)c1cccc(OCC(=O)Nc2ccc(F)cc2Cl)c1. The molecule has 0 aliphatic heterocycles. The van der Waals surface area contributed by atoms with Crippen molar-refractivity contribution in [2.24, 2.45) is 0 Å². The van der Waals surface area contributed by atoms with Gasteiger partial charge < -0.3 is 10.1 Å². The molecule has 23 heavy (non-hydrogen) atoms. The van der Waals surface area contributed by atoms with E-state index in [1.807, 2.05) is 18.2 Å². The lowest BCUT2D eigenvalue weighted by Crippen LogP contribution is -2.20. The quantitative estimate of drug-likeness (QED) is 0.872. The fourth-order valence-electron chi connectivity index (χ4n) is 1.98. The lowest BCUT2D eigenvalue weighted by molar-refractivity contribution is -0.118. The maximum absolute atomic E-state index is 13.0. The van der Waals surface area contributed by atoms with Crippen LogP contribution in [0.5, 0.6) is 5.75 Å². The van der Waals surface area contributed by atoms with E-state index in [4.69, 9.17) is 16.3 Å². The monoisotopic (exact) mass is 335 g/mol. The van der Waals surface area contributed by atoms with Crippen LogP contribution in [-0.2, 0) is 10.2 Å². The average Bonchev–Trinajstić information content (AvgIpc) is 2.47. The fourth-order valence-corrected chi connectivity index (χ4v) is 2.19. The molecule has 0 radical (unpaired) electrons. The van der Waals surface area contributed by atoms with Crippen molar-refractivity contribution in [3.8, 4) is 5.75 Å². The molecule has 0 fully saturated rings. The van der Waals surface area contributed by atoms with Gasteiger partial charge in [-0.3, -0.25) is 4.79 Å². The van der Waals surface area contributed by atoms with Gasteiger partial charge in [-0.2, -0.15) is 0 Å². The molecule has 0 aliphatic rings. The van der Waals surface area contributed by atoms with Gasteiger partial charge in [0, 0.05) is 0 Å². The van der Waals surface area contributed by atoms with E-state index in [0.29, 0.717) is 11.4 Å². The molecule has 0 heterocycles. The first-order valence-electron chi connectivity index (χ1n) is 7.24. The number of hydrogen-bond donors (Lipinski definition) is 1. The number of benzene rings is 2. The molecular formula is C18H19ClFNO2. The van der Waals surface area contributed by atoms with Crippen molar-refractivity contribution >= 4 is 23.2 Å². The summed E-state index contributed by atoms with van der Waals surface area (Å²) in [5.74, 6) is -0.194. The highest BCUT2D eigenvalue weighted by molar-refractivity contribution is 6.33. The van der Waals surface area contributed by atoms with Crippen LogP contribution in [-0.4, -0.2) is 12.5 Å². The maximum Gasteiger partial charge on any atom is 0.262 e. The lowest BCUT2D eigenvalue weighted by Gasteiger charge is -2.19. The number of nitrogens with one attached hydrogen (secondary N) is 1. The van der Waals surface area contributed by atoms with Gasteiger partial charge in [0.1, 0.15) is 11.6 Å². The summed E-state index contributed by atoms with van der Waals surface area (Å²) >= 11 is 5.87. The van der Waals surface area contributed by atoms with E-state index < -0.39 is 5.82 Å². The highest BCUT2D eigenvalue weighted by Crippen LogP contribution is 2.26. The molecule has 2 rings (SSSR count). The highest BCUT2D eigenvalue weighted by atomic mass is 35.5. The smallest absolute Gasteiger partial charge is 0.262 e. The number of rotatable bonds is 4. The molecule has 1 N–H and O–H groups in total. The second kappa shape index (κ2) is 7.01. The van der Waals surface area contributed by atoms with Crippen LogP contribution in [0.4, 0.5) is 10.1 Å². The summed E-state index contributed by atoms with van der Waals surface area (Å²) < 4.78 is 18.5. The standard InChI is InChI=1S/C18H19ClFNO2/c1-18(2,3)12-5-4-6-14(9-12)23-11-17(22)21-16-8-7-13(20)10-15(16)19/h4-10H,11H2,1-3H3,(H,21,22). The zero-order valence-electron chi connectivity index (χ0n) is 13.3. The van der Waals surface area contributed by atoms with Crippen LogP contribution in [0.3, 0.4) is 0 Å². The summed E-state index contributed by atoms with van der Waals surface area (Å²) in [5, 5.41) is 2.74. The third kappa shape index (κ3) is 4.96. The van der Waals surface area contributed by atoms with Gasteiger partial charge in [-0.15, -0.1) is 0 Å². The molecule has 122 valence electrons. The van der Waals surface area contributed by atoms with Gasteiger partial charge >= 0.3 is 0 Å². The van der Waals surface area contributed by atoms with Crippen molar-refractivity contribution in [3.63, 3.8) is 0 Å². The predicted octanol–water partition coefficient (Wildman–Crippen LogP) is 4.79. The largest absolute Gasteiger partial charge is 0.484 e. The fraction of sp³-hybridized carbons (Fsp3) is 0.278. The van der Waals surface area contributed by atoms with E-state index in [0.717, 1.165) is 11.6 Å². The van der Waals surface area contributed by atoms with Gasteiger partial charge in [-0.05, 0) is 41.3 Å². The normalized spacial score (nSPS) is 11.2. The van der Waals surface area contributed by atoms with Gasteiger partial charge in [0.25, 0.3) is 5.91 Å². The number of ether oxygens (including phenoxy) is 1. The summed E-state index contributed by atoms with van der Waals surface area (Å²) in [6, 6.07) is 11.4. The topological polar surface area (TPSA) is 38.3 Å². The van der Waals surface area contributed by atoms with E-state index in [1.54, 1.807) is 6.07 Å². The number of amides is 1. The van der Waals surface area contributed by atoms with E-state index in [2.05, 4.69) is 26.1 Å². The Bertz CT molecular complexity index is 710.